The van der Waals surface area contributed by atoms with E-state index >= 15 is 0 Å². The second-order valence-corrected chi connectivity index (χ2v) is 4.91. The van der Waals surface area contributed by atoms with Crippen LogP contribution in [0.15, 0.2) is 0 Å². The van der Waals surface area contributed by atoms with E-state index in [1.54, 1.807) is 0 Å². The van der Waals surface area contributed by atoms with Gasteiger partial charge in [0.1, 0.15) is 0 Å². The number of aliphatic carboxylic acids is 1. The molecule has 0 bridgehead atoms. The lowest BCUT2D eigenvalue weighted by atomic mass is 9.94. The molecule has 0 aromatic rings. The van der Waals surface area contributed by atoms with Gasteiger partial charge in [-0.05, 0) is 26.7 Å². The zero-order valence-corrected chi connectivity index (χ0v) is 10.4. The van der Waals surface area contributed by atoms with Gasteiger partial charge in [-0.2, -0.15) is 0 Å². The van der Waals surface area contributed by atoms with Crippen molar-refractivity contribution in [1.82, 2.24) is 0 Å². The Labute approximate surface area is 101 Å². The summed E-state index contributed by atoms with van der Waals surface area (Å²) in [5, 5.41) is 8.82. The Kier molecular flexibility index (Phi) is 4.93. The summed E-state index contributed by atoms with van der Waals surface area (Å²) < 4.78 is 10.2. The van der Waals surface area contributed by atoms with Crippen LogP contribution < -0.4 is 0 Å². The molecule has 0 amide bonds. The summed E-state index contributed by atoms with van der Waals surface area (Å²) in [6.07, 6.45) is 5.62. The molecule has 5 nitrogen and oxygen atoms in total. The molecule has 0 aliphatic heterocycles. The molecular weight excluding hydrogens is 224 g/mol. The molecule has 1 aliphatic rings. The first-order valence-corrected chi connectivity index (χ1v) is 5.97. The van der Waals surface area contributed by atoms with Crippen LogP contribution in [0.2, 0.25) is 0 Å². The van der Waals surface area contributed by atoms with E-state index in [-0.39, 0.29) is 12.9 Å². The van der Waals surface area contributed by atoms with Gasteiger partial charge in [0.15, 0.2) is 12.2 Å². The van der Waals surface area contributed by atoms with Crippen LogP contribution in [0.3, 0.4) is 0 Å². The van der Waals surface area contributed by atoms with Gasteiger partial charge < -0.3 is 14.6 Å². The second-order valence-electron chi connectivity index (χ2n) is 4.91. The highest BCUT2D eigenvalue weighted by molar-refractivity contribution is 5.98. The number of carbonyl (C=O) groups is 2. The Morgan fingerprint density at radius 1 is 1.24 bits per heavy atom. The van der Waals surface area contributed by atoms with Crippen molar-refractivity contribution >= 4 is 11.9 Å². The monoisotopic (exact) mass is 244 g/mol. The molecule has 1 rings (SSSR count). The molecule has 0 aromatic heterocycles. The van der Waals surface area contributed by atoms with Gasteiger partial charge in [0.25, 0.3) is 0 Å². The first kappa shape index (κ1) is 14.0. The molecule has 0 heterocycles. The quantitative estimate of drug-likeness (QED) is 0.454. The lowest BCUT2D eigenvalue weighted by molar-refractivity contribution is -0.178. The zero-order valence-electron chi connectivity index (χ0n) is 10.4. The molecular formula is C12H20O5. The van der Waals surface area contributed by atoms with Crippen LogP contribution in [0, 0.1) is 5.41 Å². The van der Waals surface area contributed by atoms with E-state index in [2.05, 4.69) is 0 Å². The average Bonchev–Trinajstić information content (AvgIpc) is 2.30. The predicted octanol–water partition coefficient (Wildman–Crippen LogP) is 1.95. The van der Waals surface area contributed by atoms with Gasteiger partial charge in [0.2, 0.25) is 0 Å². The number of carbonyl (C=O) groups excluding carboxylic acids is 1. The van der Waals surface area contributed by atoms with E-state index < -0.39 is 17.4 Å². The number of carboxylic acids is 1. The molecule has 0 unspecified atom stereocenters. The van der Waals surface area contributed by atoms with E-state index in [1.807, 2.05) is 0 Å². The van der Waals surface area contributed by atoms with Gasteiger partial charge in [-0.1, -0.05) is 19.3 Å². The Hall–Kier alpha value is -1.10. The average molecular weight is 244 g/mol. The minimum Gasteiger partial charge on any atom is -0.480 e. The highest BCUT2D eigenvalue weighted by Gasteiger charge is 2.37. The number of rotatable bonds is 5. The summed E-state index contributed by atoms with van der Waals surface area (Å²) >= 11 is 0. The first-order chi connectivity index (χ1) is 7.94. The number of hydrogen-bond donors (Lipinski definition) is 1. The van der Waals surface area contributed by atoms with Crippen LogP contribution in [0.25, 0.3) is 0 Å². The molecule has 1 fully saturated rings. The lowest BCUT2D eigenvalue weighted by Gasteiger charge is -2.23. The first-order valence-electron chi connectivity index (χ1n) is 5.97. The summed E-state index contributed by atoms with van der Waals surface area (Å²) in [5.74, 6) is -1.96. The maximum atomic E-state index is 11.5. The maximum absolute atomic E-state index is 11.5. The molecule has 98 valence electrons. The van der Waals surface area contributed by atoms with Gasteiger partial charge in [0.05, 0.1) is 6.10 Å². The molecule has 0 aromatic carbocycles. The zero-order chi connectivity index (χ0) is 12.9. The topological polar surface area (TPSA) is 72.8 Å². The Morgan fingerprint density at radius 2 is 1.82 bits per heavy atom. The van der Waals surface area contributed by atoms with Gasteiger partial charge in [-0.15, -0.1) is 0 Å². The molecule has 0 radical (unpaired) electrons. The fraction of sp³-hybridized carbons (Fsp3) is 0.833. The molecule has 1 saturated carbocycles. The SMILES string of the molecule is CC(C)(C(=O)O)C(=O)OCOC1CCCCC1. The minimum absolute atomic E-state index is 0.143. The molecule has 1 N–H and O–H groups in total. The Bertz CT molecular complexity index is 279. The smallest absolute Gasteiger partial charge is 0.325 e. The van der Waals surface area contributed by atoms with E-state index in [9.17, 15) is 9.59 Å². The van der Waals surface area contributed by atoms with Crippen molar-refractivity contribution in [3.05, 3.63) is 0 Å². The molecule has 5 heteroatoms. The molecule has 0 atom stereocenters. The van der Waals surface area contributed by atoms with Crippen LogP contribution >= 0.6 is 0 Å². The third-order valence-corrected chi connectivity index (χ3v) is 3.09. The molecule has 0 spiro atoms. The standard InChI is InChI=1S/C12H20O5/c1-12(2,10(13)14)11(15)17-8-16-9-6-4-3-5-7-9/h9H,3-8H2,1-2H3,(H,13,14). The Balaban J connectivity index is 2.26. The Morgan fingerprint density at radius 3 is 2.35 bits per heavy atom. The normalized spacial score (nSPS) is 17.8. The van der Waals surface area contributed by atoms with Crippen LogP contribution in [0.4, 0.5) is 0 Å². The summed E-state index contributed by atoms with van der Waals surface area (Å²) in [6.45, 7) is 2.48. The number of hydrogen-bond acceptors (Lipinski definition) is 4. The second kappa shape index (κ2) is 6.00. The molecule has 1 aliphatic carbocycles. The van der Waals surface area contributed by atoms with Gasteiger partial charge in [0, 0.05) is 0 Å². The summed E-state index contributed by atoms with van der Waals surface area (Å²) in [7, 11) is 0. The van der Waals surface area contributed by atoms with E-state index in [0.717, 1.165) is 25.7 Å². The van der Waals surface area contributed by atoms with Crippen molar-refractivity contribution in [3.8, 4) is 0 Å². The number of esters is 1. The van der Waals surface area contributed by atoms with E-state index in [4.69, 9.17) is 14.6 Å². The number of ether oxygens (including phenoxy) is 2. The fourth-order valence-electron chi connectivity index (χ4n) is 1.68. The molecule has 0 saturated heterocycles. The van der Waals surface area contributed by atoms with Crippen LogP contribution in [-0.2, 0) is 19.1 Å². The lowest BCUT2D eigenvalue weighted by Crippen LogP contribution is -2.35. The fourth-order valence-corrected chi connectivity index (χ4v) is 1.68. The maximum Gasteiger partial charge on any atom is 0.325 e. The summed E-state index contributed by atoms with van der Waals surface area (Å²) in [6, 6.07) is 0. The van der Waals surface area contributed by atoms with E-state index in [0.29, 0.717) is 0 Å². The van der Waals surface area contributed by atoms with E-state index in [1.165, 1.54) is 20.3 Å². The van der Waals surface area contributed by atoms with Gasteiger partial charge in [-0.25, -0.2) is 0 Å². The summed E-state index contributed by atoms with van der Waals surface area (Å²) in [4.78, 5) is 22.3. The highest BCUT2D eigenvalue weighted by Crippen LogP contribution is 2.21. The largest absolute Gasteiger partial charge is 0.480 e. The van der Waals surface area contributed by atoms with Crippen LogP contribution in [-0.4, -0.2) is 29.9 Å². The van der Waals surface area contributed by atoms with Crippen molar-refractivity contribution in [2.45, 2.75) is 52.1 Å². The van der Waals surface area contributed by atoms with Crippen molar-refractivity contribution in [2.75, 3.05) is 6.79 Å². The summed E-state index contributed by atoms with van der Waals surface area (Å²) in [5.41, 5.74) is -1.52. The van der Waals surface area contributed by atoms with Crippen molar-refractivity contribution < 1.29 is 24.2 Å². The minimum atomic E-state index is -1.52. The van der Waals surface area contributed by atoms with Crippen molar-refractivity contribution in [1.29, 1.82) is 0 Å². The van der Waals surface area contributed by atoms with Crippen LogP contribution in [0.5, 0.6) is 0 Å². The van der Waals surface area contributed by atoms with Crippen molar-refractivity contribution in [2.24, 2.45) is 5.41 Å². The number of carboxylic acid groups (broad SMARTS) is 1. The van der Waals surface area contributed by atoms with Crippen LogP contribution in [0.1, 0.15) is 46.0 Å². The predicted molar refractivity (Wildman–Crippen MR) is 60.3 cm³/mol. The third-order valence-electron chi connectivity index (χ3n) is 3.09. The third kappa shape index (κ3) is 4.00. The van der Waals surface area contributed by atoms with Crippen molar-refractivity contribution in [3.63, 3.8) is 0 Å². The van der Waals surface area contributed by atoms with Gasteiger partial charge in [-0.3, -0.25) is 9.59 Å². The highest BCUT2D eigenvalue weighted by atomic mass is 16.7. The molecule has 17 heavy (non-hydrogen) atoms. The van der Waals surface area contributed by atoms with Gasteiger partial charge >= 0.3 is 11.9 Å².